The van der Waals surface area contributed by atoms with E-state index in [1.165, 1.54) is 12.1 Å². The van der Waals surface area contributed by atoms with E-state index in [1.54, 1.807) is 18.3 Å². The number of aliphatic hydroxyl groups is 1. The van der Waals surface area contributed by atoms with Crippen molar-refractivity contribution >= 4 is 10.0 Å². The largest absolute Gasteiger partial charge is 0.444 e. The molecule has 0 bridgehead atoms. The lowest BCUT2D eigenvalue weighted by molar-refractivity contribution is 0.281. The summed E-state index contributed by atoms with van der Waals surface area (Å²) in [5.74, 6) is 1.03. The third-order valence-electron chi connectivity index (χ3n) is 2.75. The molecule has 0 saturated heterocycles. The minimum Gasteiger partial charge on any atom is -0.444 e. The van der Waals surface area contributed by atoms with E-state index in [4.69, 9.17) is 9.52 Å². The fourth-order valence-electron chi connectivity index (χ4n) is 1.64. The lowest BCUT2D eigenvalue weighted by Gasteiger charge is -2.06. The number of hydrogen-bond donors (Lipinski definition) is 2. The molecule has 0 aliphatic carbocycles. The molecule has 6 nitrogen and oxygen atoms in total. The maximum Gasteiger partial charge on any atom is 0.241 e. The summed E-state index contributed by atoms with van der Waals surface area (Å²) in [5, 5.41) is 9.03. The van der Waals surface area contributed by atoms with Gasteiger partial charge < -0.3 is 9.52 Å². The highest BCUT2D eigenvalue weighted by molar-refractivity contribution is 7.89. The Labute approximate surface area is 117 Å². The van der Waals surface area contributed by atoms with E-state index in [1.807, 2.05) is 6.92 Å². The summed E-state index contributed by atoms with van der Waals surface area (Å²) in [6, 6.07) is 6.13. The van der Waals surface area contributed by atoms with Gasteiger partial charge in [-0.15, -0.1) is 0 Å². The Kier molecular flexibility index (Phi) is 4.53. The van der Waals surface area contributed by atoms with E-state index in [0.717, 1.165) is 0 Å². The summed E-state index contributed by atoms with van der Waals surface area (Å²) in [7, 11) is -3.65. The van der Waals surface area contributed by atoms with Crippen molar-refractivity contribution in [1.29, 1.82) is 0 Å². The topological polar surface area (TPSA) is 92.4 Å². The van der Waals surface area contributed by atoms with E-state index < -0.39 is 10.0 Å². The molecule has 2 N–H and O–H groups in total. The molecule has 0 unspecified atom stereocenters. The molecule has 108 valence electrons. The zero-order valence-electron chi connectivity index (χ0n) is 11.0. The summed E-state index contributed by atoms with van der Waals surface area (Å²) >= 11 is 0. The van der Waals surface area contributed by atoms with Crippen molar-refractivity contribution in [1.82, 2.24) is 9.71 Å². The molecule has 0 saturated carbocycles. The summed E-state index contributed by atoms with van der Waals surface area (Å²) in [6.45, 7) is 1.71. The maximum absolute atomic E-state index is 12.1. The number of nitrogens with zero attached hydrogens (tertiary/aromatic N) is 1. The molecule has 2 rings (SSSR count). The van der Waals surface area contributed by atoms with Crippen molar-refractivity contribution in [3.8, 4) is 0 Å². The second kappa shape index (κ2) is 6.17. The zero-order valence-corrected chi connectivity index (χ0v) is 11.9. The van der Waals surface area contributed by atoms with Crippen LogP contribution in [-0.2, 0) is 29.6 Å². The van der Waals surface area contributed by atoms with Gasteiger partial charge in [-0.1, -0.05) is 19.1 Å². The van der Waals surface area contributed by atoms with Crippen LogP contribution >= 0.6 is 0 Å². The second-order valence-electron chi connectivity index (χ2n) is 4.20. The molecule has 0 amide bonds. The molecule has 1 aromatic heterocycles. The number of aromatic nitrogens is 1. The minimum atomic E-state index is -3.65. The van der Waals surface area contributed by atoms with Crippen molar-refractivity contribution in [2.45, 2.75) is 31.4 Å². The van der Waals surface area contributed by atoms with E-state index in [-0.39, 0.29) is 18.0 Å². The number of rotatable bonds is 6. The van der Waals surface area contributed by atoms with Crippen LogP contribution in [0.2, 0.25) is 0 Å². The van der Waals surface area contributed by atoms with Crippen molar-refractivity contribution < 1.29 is 17.9 Å². The Balaban J connectivity index is 2.10. The Morgan fingerprint density at radius 1 is 1.40 bits per heavy atom. The van der Waals surface area contributed by atoms with Gasteiger partial charge >= 0.3 is 0 Å². The molecule has 2 aromatic rings. The van der Waals surface area contributed by atoms with Gasteiger partial charge in [-0.05, 0) is 17.7 Å². The molecule has 0 atom stereocenters. The molecular weight excluding hydrogens is 280 g/mol. The van der Waals surface area contributed by atoms with Gasteiger partial charge in [0.15, 0.2) is 0 Å². The Bertz CT molecular complexity index is 679. The fourth-order valence-corrected chi connectivity index (χ4v) is 2.69. The normalized spacial score (nSPS) is 11.7. The molecule has 7 heteroatoms. The first-order valence-electron chi connectivity index (χ1n) is 6.18. The molecule has 0 radical (unpaired) electrons. The Morgan fingerprint density at radius 2 is 2.20 bits per heavy atom. The summed E-state index contributed by atoms with van der Waals surface area (Å²) in [5.41, 5.74) is 0.539. The zero-order chi connectivity index (χ0) is 14.6. The van der Waals surface area contributed by atoms with Gasteiger partial charge in [0.2, 0.25) is 15.9 Å². The van der Waals surface area contributed by atoms with Crippen molar-refractivity contribution in [2.75, 3.05) is 0 Å². The third-order valence-corrected chi connectivity index (χ3v) is 4.15. The number of benzene rings is 1. The van der Waals surface area contributed by atoms with Crippen molar-refractivity contribution in [3.63, 3.8) is 0 Å². The number of nitrogens with one attached hydrogen (secondary N) is 1. The molecule has 1 aromatic carbocycles. The monoisotopic (exact) mass is 296 g/mol. The number of oxazole rings is 1. The highest BCUT2D eigenvalue weighted by Gasteiger charge is 2.15. The maximum atomic E-state index is 12.1. The van der Waals surface area contributed by atoms with Gasteiger partial charge in [-0.2, -0.15) is 0 Å². The Hall–Kier alpha value is -1.70. The molecule has 0 aliphatic heterocycles. The SMILES string of the molecule is CCc1cnc(CNS(=O)(=O)c2cccc(CO)c2)o1. The summed E-state index contributed by atoms with van der Waals surface area (Å²) in [4.78, 5) is 4.09. The van der Waals surface area contributed by atoms with Gasteiger partial charge in [-0.25, -0.2) is 18.1 Å². The quantitative estimate of drug-likeness (QED) is 0.836. The summed E-state index contributed by atoms with van der Waals surface area (Å²) < 4.78 is 31.9. The van der Waals surface area contributed by atoms with Crippen molar-refractivity contribution in [2.24, 2.45) is 0 Å². The van der Waals surface area contributed by atoms with Crippen LogP contribution in [0.4, 0.5) is 0 Å². The van der Waals surface area contributed by atoms with Gasteiger partial charge in [0.1, 0.15) is 5.76 Å². The van der Waals surface area contributed by atoms with Crippen LogP contribution < -0.4 is 4.72 Å². The average molecular weight is 296 g/mol. The van der Waals surface area contributed by atoms with Gasteiger partial charge in [-0.3, -0.25) is 0 Å². The fraction of sp³-hybridized carbons (Fsp3) is 0.308. The van der Waals surface area contributed by atoms with Crippen molar-refractivity contribution in [3.05, 3.63) is 47.7 Å². The van der Waals surface area contributed by atoms with Crippen LogP contribution in [0, 0.1) is 0 Å². The predicted molar refractivity (Wildman–Crippen MR) is 72.3 cm³/mol. The number of aryl methyl sites for hydroxylation is 1. The first-order chi connectivity index (χ1) is 9.55. The first-order valence-corrected chi connectivity index (χ1v) is 7.66. The smallest absolute Gasteiger partial charge is 0.241 e. The molecule has 0 aliphatic rings. The molecule has 0 fully saturated rings. The van der Waals surface area contributed by atoms with Crippen LogP contribution in [0.1, 0.15) is 24.1 Å². The highest BCUT2D eigenvalue weighted by atomic mass is 32.2. The van der Waals surface area contributed by atoms with E-state index in [0.29, 0.717) is 23.6 Å². The van der Waals surface area contributed by atoms with Crippen LogP contribution in [0.15, 0.2) is 39.8 Å². The lowest BCUT2D eigenvalue weighted by atomic mass is 10.2. The minimum absolute atomic E-state index is 0.00825. The first kappa shape index (κ1) is 14.7. The second-order valence-corrected chi connectivity index (χ2v) is 5.97. The standard InChI is InChI=1S/C13H16N2O4S/c1-2-11-7-14-13(19-11)8-15-20(17,18)12-5-3-4-10(6-12)9-16/h3-7,15-16H,2,8-9H2,1H3. The van der Waals surface area contributed by atoms with Gasteiger partial charge in [0.05, 0.1) is 24.2 Å². The number of aliphatic hydroxyl groups excluding tert-OH is 1. The van der Waals surface area contributed by atoms with Gasteiger partial charge in [0.25, 0.3) is 0 Å². The number of sulfonamides is 1. The van der Waals surface area contributed by atoms with Crippen LogP contribution in [0.3, 0.4) is 0 Å². The molecule has 0 spiro atoms. The van der Waals surface area contributed by atoms with Crippen LogP contribution in [0.5, 0.6) is 0 Å². The lowest BCUT2D eigenvalue weighted by Crippen LogP contribution is -2.23. The highest BCUT2D eigenvalue weighted by Crippen LogP contribution is 2.12. The predicted octanol–water partition coefficient (Wildman–Crippen LogP) is 1.21. The van der Waals surface area contributed by atoms with Crippen LogP contribution in [-0.4, -0.2) is 18.5 Å². The van der Waals surface area contributed by atoms with E-state index in [9.17, 15) is 8.42 Å². The van der Waals surface area contributed by atoms with E-state index >= 15 is 0 Å². The number of hydrogen-bond acceptors (Lipinski definition) is 5. The van der Waals surface area contributed by atoms with E-state index in [2.05, 4.69) is 9.71 Å². The Morgan fingerprint density at radius 3 is 2.85 bits per heavy atom. The third kappa shape index (κ3) is 3.44. The molecule has 1 heterocycles. The summed E-state index contributed by atoms with van der Waals surface area (Å²) in [6.07, 6.45) is 2.29. The average Bonchev–Trinajstić information content (AvgIpc) is 2.93. The molecule has 20 heavy (non-hydrogen) atoms. The van der Waals surface area contributed by atoms with Crippen LogP contribution in [0.25, 0.3) is 0 Å². The van der Waals surface area contributed by atoms with Gasteiger partial charge in [0, 0.05) is 6.42 Å². The molecular formula is C13H16N2O4S.